The first kappa shape index (κ1) is 27.2. The fraction of sp³-hybridized carbons (Fsp3) is 0.464. The molecule has 1 aromatic rings. The average Bonchev–Trinajstić information content (AvgIpc) is 2.86. The molecule has 8 nitrogen and oxygen atoms in total. The Morgan fingerprint density at radius 2 is 2.08 bits per heavy atom. The third kappa shape index (κ3) is 8.37. The maximum atomic E-state index is 12.9. The Kier molecular flexibility index (Phi) is 10.8. The van der Waals surface area contributed by atoms with Gasteiger partial charge in [-0.2, -0.15) is 0 Å². The normalized spacial score (nSPS) is 22.1. The Hall–Kier alpha value is -3.39. The first-order valence-electron chi connectivity index (χ1n) is 12.5. The van der Waals surface area contributed by atoms with Gasteiger partial charge >= 0.3 is 5.97 Å². The summed E-state index contributed by atoms with van der Waals surface area (Å²) in [6.45, 7) is 7.42. The number of benzene rings is 1. The number of piperidine rings is 1. The molecule has 36 heavy (non-hydrogen) atoms. The van der Waals surface area contributed by atoms with Crippen molar-refractivity contribution in [3.8, 4) is 5.75 Å². The van der Waals surface area contributed by atoms with E-state index in [4.69, 9.17) is 14.3 Å². The van der Waals surface area contributed by atoms with Crippen molar-refractivity contribution in [3.63, 3.8) is 0 Å². The van der Waals surface area contributed by atoms with Crippen LogP contribution >= 0.6 is 0 Å². The number of rotatable bonds is 6. The number of oxime groups is 1. The topological polar surface area (TPSA) is 97.7 Å². The summed E-state index contributed by atoms with van der Waals surface area (Å²) in [5.74, 6) is -0.508. The van der Waals surface area contributed by atoms with Crippen LogP contribution in [-0.2, 0) is 25.5 Å². The van der Waals surface area contributed by atoms with Crippen molar-refractivity contribution in [2.24, 2.45) is 5.16 Å². The Labute approximate surface area is 212 Å². The van der Waals surface area contributed by atoms with E-state index in [1.54, 1.807) is 24.0 Å². The van der Waals surface area contributed by atoms with Crippen LogP contribution in [0.2, 0.25) is 0 Å². The molecule has 1 unspecified atom stereocenters. The zero-order valence-electron chi connectivity index (χ0n) is 21.0. The highest BCUT2D eigenvalue weighted by Gasteiger charge is 2.20. The number of allylic oxidation sites excluding steroid dienone is 1. The summed E-state index contributed by atoms with van der Waals surface area (Å²) in [5.41, 5.74) is 2.08. The minimum Gasteiger partial charge on any atom is -0.508 e. The molecule has 0 aromatic heterocycles. The monoisotopic (exact) mass is 496 g/mol. The van der Waals surface area contributed by atoms with E-state index in [1.165, 1.54) is 12.1 Å². The van der Waals surface area contributed by atoms with E-state index in [1.807, 2.05) is 18.2 Å². The number of cyclic esters (lactones) is 1. The molecular weight excluding hydrogens is 460 g/mol. The lowest BCUT2D eigenvalue weighted by Crippen LogP contribution is -2.37. The highest BCUT2D eigenvalue weighted by Crippen LogP contribution is 2.24. The molecule has 194 valence electrons. The van der Waals surface area contributed by atoms with Crippen molar-refractivity contribution < 1.29 is 29.0 Å². The number of nitrogens with zero attached hydrogens (tertiary/aromatic N) is 2. The van der Waals surface area contributed by atoms with Crippen LogP contribution in [0.25, 0.3) is 0 Å². The summed E-state index contributed by atoms with van der Waals surface area (Å²) in [7, 11) is 0. The van der Waals surface area contributed by atoms with Gasteiger partial charge in [0.05, 0.1) is 30.6 Å². The van der Waals surface area contributed by atoms with Gasteiger partial charge in [0.25, 0.3) is 5.91 Å². The lowest BCUT2D eigenvalue weighted by Gasteiger charge is -2.26. The molecule has 2 heterocycles. The van der Waals surface area contributed by atoms with E-state index in [0.717, 1.165) is 32.4 Å². The zero-order valence-corrected chi connectivity index (χ0v) is 21.0. The summed E-state index contributed by atoms with van der Waals surface area (Å²) in [4.78, 5) is 32.6. The molecular formula is C28H36N2O6. The van der Waals surface area contributed by atoms with Gasteiger partial charge in [0.1, 0.15) is 5.75 Å². The van der Waals surface area contributed by atoms with Crippen LogP contribution in [0, 0.1) is 6.92 Å². The van der Waals surface area contributed by atoms with Crippen LogP contribution in [0.5, 0.6) is 5.75 Å². The molecule has 2 aliphatic heterocycles. The standard InChI is InChI=1S/C28H36N2O6/c1-3-15-34-25-11-5-8-16-35-28(33)27-21(2)17-24(31)19-22(27)18-23(10-9-12-25)29-36-20-26(32)30-13-6-4-7-14-30/h3,5,9-11,17,19,25,31H,1,4,6-8,12-16,18,20H2,2H3/b10-9+,11-5+,29-23+. The highest BCUT2D eigenvalue weighted by atomic mass is 16.6. The summed E-state index contributed by atoms with van der Waals surface area (Å²) in [6.07, 6.45) is 13.6. The lowest BCUT2D eigenvalue weighted by atomic mass is 9.96. The fourth-order valence-electron chi connectivity index (χ4n) is 4.26. The quantitative estimate of drug-likeness (QED) is 0.359. The van der Waals surface area contributed by atoms with Crippen molar-refractivity contribution in [2.45, 2.75) is 51.6 Å². The average molecular weight is 497 g/mol. The van der Waals surface area contributed by atoms with Gasteiger partial charge in [0.2, 0.25) is 0 Å². The number of likely N-dealkylation sites (tertiary alicyclic amines) is 1. The summed E-state index contributed by atoms with van der Waals surface area (Å²) >= 11 is 0. The Bertz CT molecular complexity index is 1010. The molecule has 2 aliphatic rings. The molecule has 8 heteroatoms. The number of hydrogen-bond donors (Lipinski definition) is 1. The predicted octanol–water partition coefficient (Wildman–Crippen LogP) is 4.26. The molecule has 1 aromatic carbocycles. The SMILES string of the molecule is C=CCOC1/C=C/CCOC(=O)c2c(C)cc(O)cc2CC(=N/OCC(=O)N2CCCCC2)/C=C/C1. The van der Waals surface area contributed by atoms with Gasteiger partial charge in [-0.1, -0.05) is 29.5 Å². The summed E-state index contributed by atoms with van der Waals surface area (Å²) in [5, 5.41) is 14.4. The van der Waals surface area contributed by atoms with Crippen molar-refractivity contribution in [1.29, 1.82) is 0 Å². The molecule has 1 atom stereocenters. The molecule has 1 N–H and O–H groups in total. The van der Waals surface area contributed by atoms with Crippen LogP contribution in [-0.4, -0.2) is 66.6 Å². The first-order valence-corrected chi connectivity index (χ1v) is 12.5. The Morgan fingerprint density at radius 1 is 1.28 bits per heavy atom. The van der Waals surface area contributed by atoms with E-state index in [0.29, 0.717) is 41.9 Å². The predicted molar refractivity (Wildman–Crippen MR) is 138 cm³/mol. The number of phenolic OH excluding ortho intramolecular Hbond substituents is 1. The number of aryl methyl sites for hydroxylation is 1. The van der Waals surface area contributed by atoms with E-state index >= 15 is 0 Å². The van der Waals surface area contributed by atoms with Gasteiger partial charge in [-0.3, -0.25) is 4.79 Å². The number of esters is 1. The molecule has 0 bridgehead atoms. The second-order valence-corrected chi connectivity index (χ2v) is 8.92. The minimum atomic E-state index is -0.461. The number of fused-ring (bicyclic) bond motifs is 1. The number of ether oxygens (including phenoxy) is 2. The number of carbonyl (C=O) groups is 2. The Morgan fingerprint density at radius 3 is 2.86 bits per heavy atom. The molecule has 1 amide bonds. The number of aromatic hydroxyl groups is 1. The van der Waals surface area contributed by atoms with Gasteiger partial charge in [0, 0.05) is 19.5 Å². The number of carbonyl (C=O) groups excluding carboxylic acids is 2. The lowest BCUT2D eigenvalue weighted by molar-refractivity contribution is -0.137. The fourth-order valence-corrected chi connectivity index (χ4v) is 4.26. The van der Waals surface area contributed by atoms with Crippen molar-refractivity contribution in [2.75, 3.05) is 32.9 Å². The summed E-state index contributed by atoms with van der Waals surface area (Å²) in [6, 6.07) is 3.07. The van der Waals surface area contributed by atoms with Crippen molar-refractivity contribution >= 4 is 17.6 Å². The smallest absolute Gasteiger partial charge is 0.338 e. The molecule has 3 rings (SSSR count). The number of phenols is 1. The minimum absolute atomic E-state index is 0.0468. The molecule has 1 saturated heterocycles. The van der Waals surface area contributed by atoms with Gasteiger partial charge in [-0.15, -0.1) is 6.58 Å². The Balaban J connectivity index is 1.85. The highest BCUT2D eigenvalue weighted by molar-refractivity contribution is 6.00. The molecule has 1 fully saturated rings. The van der Waals surface area contributed by atoms with Crippen LogP contribution in [0.15, 0.2) is 54.2 Å². The van der Waals surface area contributed by atoms with Crippen molar-refractivity contribution in [3.05, 3.63) is 65.8 Å². The molecule has 0 aliphatic carbocycles. The number of hydrogen-bond acceptors (Lipinski definition) is 7. The van der Waals surface area contributed by atoms with E-state index in [9.17, 15) is 14.7 Å². The third-order valence-electron chi connectivity index (χ3n) is 6.03. The third-order valence-corrected chi connectivity index (χ3v) is 6.03. The maximum absolute atomic E-state index is 12.9. The molecule has 0 radical (unpaired) electrons. The molecule has 0 spiro atoms. The van der Waals surface area contributed by atoms with Gasteiger partial charge < -0.3 is 24.3 Å². The summed E-state index contributed by atoms with van der Waals surface area (Å²) < 4.78 is 11.3. The van der Waals surface area contributed by atoms with Crippen LogP contribution in [0.3, 0.4) is 0 Å². The second kappa shape index (κ2) is 14.2. The second-order valence-electron chi connectivity index (χ2n) is 8.92. The van der Waals surface area contributed by atoms with Gasteiger partial charge in [-0.05, 0) is 68.4 Å². The van der Waals surface area contributed by atoms with E-state index in [2.05, 4.69) is 11.7 Å². The van der Waals surface area contributed by atoms with Crippen LogP contribution in [0.1, 0.15) is 53.6 Å². The van der Waals surface area contributed by atoms with E-state index in [-0.39, 0.29) is 37.4 Å². The molecule has 0 saturated carbocycles. The first-order chi connectivity index (χ1) is 17.5. The van der Waals surface area contributed by atoms with Crippen molar-refractivity contribution in [1.82, 2.24) is 4.90 Å². The largest absolute Gasteiger partial charge is 0.508 e. The van der Waals surface area contributed by atoms with Crippen LogP contribution in [0.4, 0.5) is 0 Å². The van der Waals surface area contributed by atoms with Gasteiger partial charge in [-0.25, -0.2) is 4.79 Å². The van der Waals surface area contributed by atoms with Crippen LogP contribution < -0.4 is 0 Å². The van der Waals surface area contributed by atoms with E-state index < -0.39 is 5.97 Å². The number of amides is 1. The van der Waals surface area contributed by atoms with Gasteiger partial charge in [0.15, 0.2) is 6.61 Å². The maximum Gasteiger partial charge on any atom is 0.338 e. The zero-order chi connectivity index (χ0) is 25.8.